The molecule has 1 aromatic carbocycles. The molecule has 0 fully saturated rings. The minimum absolute atomic E-state index is 0.0703. The maximum absolute atomic E-state index is 13.3. The molecule has 1 heterocycles. The minimum atomic E-state index is -0.484. The first-order chi connectivity index (χ1) is 9.10. The lowest BCUT2D eigenvalue weighted by Gasteiger charge is -2.15. The molecule has 3 nitrogen and oxygen atoms in total. The highest BCUT2D eigenvalue weighted by molar-refractivity contribution is 6.30. The highest BCUT2D eigenvalue weighted by atomic mass is 35.5. The van der Waals surface area contributed by atoms with Gasteiger partial charge in [-0.05, 0) is 36.2 Å². The Bertz CT molecular complexity index is 560. The van der Waals surface area contributed by atoms with Gasteiger partial charge in [-0.3, -0.25) is 16.3 Å². The molecule has 2 aromatic rings. The Balaban J connectivity index is 2.18. The highest BCUT2D eigenvalue weighted by Crippen LogP contribution is 2.20. The van der Waals surface area contributed by atoms with Crippen LogP contribution in [0.4, 0.5) is 8.78 Å². The van der Waals surface area contributed by atoms with E-state index in [9.17, 15) is 8.78 Å². The second-order valence-electron chi connectivity index (χ2n) is 4.07. The number of benzene rings is 1. The Morgan fingerprint density at radius 2 is 2.05 bits per heavy atom. The molecule has 0 bridgehead atoms. The molecule has 6 heteroatoms. The Morgan fingerprint density at radius 3 is 2.63 bits per heavy atom. The quantitative estimate of drug-likeness (QED) is 0.670. The van der Waals surface area contributed by atoms with Crippen LogP contribution in [0, 0.1) is 11.6 Å². The molecule has 3 N–H and O–H groups in total. The van der Waals surface area contributed by atoms with E-state index < -0.39 is 11.6 Å². The van der Waals surface area contributed by atoms with Gasteiger partial charge in [0.25, 0.3) is 0 Å². The van der Waals surface area contributed by atoms with E-state index >= 15 is 0 Å². The number of rotatable bonds is 4. The lowest BCUT2D eigenvalue weighted by molar-refractivity contribution is 0.531. The maximum atomic E-state index is 13.3. The van der Waals surface area contributed by atoms with E-state index in [2.05, 4.69) is 10.4 Å². The molecular formula is C13H12ClF2N3. The summed E-state index contributed by atoms with van der Waals surface area (Å²) in [5.41, 5.74) is 3.88. The Morgan fingerprint density at radius 1 is 1.26 bits per heavy atom. The topological polar surface area (TPSA) is 50.9 Å². The van der Waals surface area contributed by atoms with E-state index in [4.69, 9.17) is 17.4 Å². The Kier molecular flexibility index (Phi) is 4.42. The fourth-order valence-corrected chi connectivity index (χ4v) is 1.86. The molecule has 1 aromatic heterocycles. The second-order valence-corrected chi connectivity index (χ2v) is 4.48. The van der Waals surface area contributed by atoms with Crippen LogP contribution in [0.3, 0.4) is 0 Å². The van der Waals surface area contributed by atoms with E-state index in [1.807, 2.05) is 0 Å². The predicted octanol–water partition coefficient (Wildman–Crippen LogP) is 2.76. The molecule has 0 aliphatic rings. The monoisotopic (exact) mass is 283 g/mol. The van der Waals surface area contributed by atoms with Gasteiger partial charge in [0, 0.05) is 0 Å². The first-order valence-electron chi connectivity index (χ1n) is 5.61. The maximum Gasteiger partial charge on any atom is 0.142 e. The average molecular weight is 284 g/mol. The number of halogens is 3. The molecule has 19 heavy (non-hydrogen) atoms. The molecule has 1 unspecified atom stereocenters. The van der Waals surface area contributed by atoms with Crippen LogP contribution in [0.5, 0.6) is 0 Å². The first-order valence-corrected chi connectivity index (χ1v) is 5.99. The molecule has 1 atom stereocenters. The summed E-state index contributed by atoms with van der Waals surface area (Å²) in [6.45, 7) is 0. The Hall–Kier alpha value is -1.56. The number of hydrazine groups is 1. The van der Waals surface area contributed by atoms with Crippen LogP contribution in [0.2, 0.25) is 5.02 Å². The fraction of sp³-hybridized carbons (Fsp3) is 0.154. The molecule has 0 aliphatic heterocycles. The molecule has 0 radical (unpaired) electrons. The van der Waals surface area contributed by atoms with Gasteiger partial charge in [0.05, 0.1) is 23.0 Å². The van der Waals surface area contributed by atoms with Crippen LogP contribution in [-0.2, 0) is 6.42 Å². The van der Waals surface area contributed by atoms with Crippen molar-refractivity contribution in [3.8, 4) is 0 Å². The highest BCUT2D eigenvalue weighted by Gasteiger charge is 2.13. The van der Waals surface area contributed by atoms with Crippen molar-refractivity contribution in [2.75, 3.05) is 0 Å². The van der Waals surface area contributed by atoms with E-state index in [-0.39, 0.29) is 11.1 Å². The zero-order valence-electron chi connectivity index (χ0n) is 9.91. The third-order valence-corrected chi connectivity index (χ3v) is 3.04. The van der Waals surface area contributed by atoms with E-state index in [0.29, 0.717) is 12.1 Å². The van der Waals surface area contributed by atoms with E-state index in [1.165, 1.54) is 24.3 Å². The molecule has 2 rings (SSSR count). The molecule has 0 amide bonds. The van der Waals surface area contributed by atoms with Gasteiger partial charge in [0.1, 0.15) is 11.6 Å². The summed E-state index contributed by atoms with van der Waals surface area (Å²) >= 11 is 5.62. The lowest BCUT2D eigenvalue weighted by atomic mass is 10.0. The number of pyridine rings is 1. The van der Waals surface area contributed by atoms with Crippen molar-refractivity contribution in [2.24, 2.45) is 5.84 Å². The van der Waals surface area contributed by atoms with Gasteiger partial charge in [-0.2, -0.15) is 0 Å². The minimum Gasteiger partial charge on any atom is -0.271 e. The van der Waals surface area contributed by atoms with Crippen molar-refractivity contribution in [2.45, 2.75) is 12.5 Å². The summed E-state index contributed by atoms with van der Waals surface area (Å²) in [5.74, 6) is 4.55. The lowest BCUT2D eigenvalue weighted by Crippen LogP contribution is -2.30. The largest absolute Gasteiger partial charge is 0.271 e. The third kappa shape index (κ3) is 3.47. The van der Waals surface area contributed by atoms with E-state index in [0.717, 1.165) is 11.8 Å². The SMILES string of the molecule is NNC(Cc1ccc(Cl)c(F)c1)c1ccc(F)cn1. The summed E-state index contributed by atoms with van der Waals surface area (Å²) in [5, 5.41) is 0.0703. The zero-order chi connectivity index (χ0) is 13.8. The molecule has 0 saturated heterocycles. The van der Waals surface area contributed by atoms with Crippen LogP contribution in [0.25, 0.3) is 0 Å². The van der Waals surface area contributed by atoms with Crippen molar-refractivity contribution < 1.29 is 8.78 Å². The normalized spacial score (nSPS) is 12.4. The number of nitrogens with two attached hydrogens (primary N) is 1. The molecule has 100 valence electrons. The number of hydrogen-bond acceptors (Lipinski definition) is 3. The summed E-state index contributed by atoms with van der Waals surface area (Å²) < 4.78 is 26.1. The van der Waals surface area contributed by atoms with Gasteiger partial charge < -0.3 is 0 Å². The van der Waals surface area contributed by atoms with Gasteiger partial charge >= 0.3 is 0 Å². The number of nitrogens with one attached hydrogen (secondary N) is 1. The summed E-state index contributed by atoms with van der Waals surface area (Å²) in [6.07, 6.45) is 1.53. The fourth-order valence-electron chi connectivity index (χ4n) is 1.74. The van der Waals surface area contributed by atoms with Crippen LogP contribution in [0.15, 0.2) is 36.5 Å². The first kappa shape index (κ1) is 13.9. The summed E-state index contributed by atoms with van der Waals surface area (Å²) in [6, 6.07) is 7.04. The van der Waals surface area contributed by atoms with Crippen LogP contribution in [0.1, 0.15) is 17.3 Å². The average Bonchev–Trinajstić information content (AvgIpc) is 2.41. The van der Waals surface area contributed by atoms with Gasteiger partial charge in [-0.15, -0.1) is 0 Å². The van der Waals surface area contributed by atoms with Crippen molar-refractivity contribution in [3.63, 3.8) is 0 Å². The zero-order valence-corrected chi connectivity index (χ0v) is 10.7. The van der Waals surface area contributed by atoms with Crippen molar-refractivity contribution >= 4 is 11.6 Å². The standard InChI is InChI=1S/C13H12ClF2N3/c14-10-3-1-8(5-11(10)16)6-13(19-17)12-4-2-9(15)7-18-12/h1-5,7,13,19H,6,17H2. The van der Waals surface area contributed by atoms with E-state index in [1.54, 1.807) is 6.07 Å². The van der Waals surface area contributed by atoms with Crippen molar-refractivity contribution in [3.05, 3.63) is 64.4 Å². The third-order valence-electron chi connectivity index (χ3n) is 2.73. The van der Waals surface area contributed by atoms with Crippen LogP contribution >= 0.6 is 11.6 Å². The summed E-state index contributed by atoms with van der Waals surface area (Å²) in [7, 11) is 0. The molecule has 0 spiro atoms. The number of nitrogens with zero attached hydrogens (tertiary/aromatic N) is 1. The number of aromatic nitrogens is 1. The second kappa shape index (κ2) is 6.06. The number of hydrogen-bond donors (Lipinski definition) is 2. The Labute approximate surface area is 114 Å². The van der Waals surface area contributed by atoms with Crippen molar-refractivity contribution in [1.29, 1.82) is 0 Å². The van der Waals surface area contributed by atoms with Gasteiger partial charge in [0.15, 0.2) is 0 Å². The summed E-state index contributed by atoms with van der Waals surface area (Å²) in [4.78, 5) is 3.95. The predicted molar refractivity (Wildman–Crippen MR) is 69.4 cm³/mol. The van der Waals surface area contributed by atoms with Crippen LogP contribution < -0.4 is 11.3 Å². The van der Waals surface area contributed by atoms with Gasteiger partial charge in [-0.1, -0.05) is 17.7 Å². The molecule has 0 saturated carbocycles. The van der Waals surface area contributed by atoms with Crippen molar-refractivity contribution in [1.82, 2.24) is 10.4 Å². The van der Waals surface area contributed by atoms with Crippen LogP contribution in [-0.4, -0.2) is 4.98 Å². The smallest absolute Gasteiger partial charge is 0.142 e. The van der Waals surface area contributed by atoms with Gasteiger partial charge in [-0.25, -0.2) is 8.78 Å². The van der Waals surface area contributed by atoms with Gasteiger partial charge in [0.2, 0.25) is 0 Å². The molecule has 0 aliphatic carbocycles. The molecular weight excluding hydrogens is 272 g/mol.